The maximum absolute atomic E-state index is 10.8. The molecule has 152 valence electrons. The van der Waals surface area contributed by atoms with Crippen LogP contribution in [0.1, 0.15) is 0 Å². The Morgan fingerprint density at radius 1 is 0.533 bits per heavy atom. The molecule has 0 rings (SSSR count). The van der Waals surface area contributed by atoms with Gasteiger partial charge in [0.15, 0.2) is 0 Å². The minimum absolute atomic E-state index is 0. The molecule has 0 aliphatic rings. The van der Waals surface area contributed by atoms with E-state index in [2.05, 4.69) is 0 Å². The van der Waals surface area contributed by atoms with Crippen molar-refractivity contribution in [3.05, 3.63) is 0 Å². The van der Waals surface area contributed by atoms with Crippen molar-refractivity contribution in [2.75, 3.05) is 38.2 Å². The Kier molecular flexibility index (Phi) is 42.0. The van der Waals surface area contributed by atoms with Crippen molar-refractivity contribution in [2.45, 2.75) is 0 Å². The van der Waals surface area contributed by atoms with Crippen molar-refractivity contribution in [1.29, 1.82) is 0 Å². The Labute approximate surface area is 317 Å². The van der Waals surface area contributed by atoms with Crippen LogP contribution in [0.15, 0.2) is 0 Å². The second-order valence-electron chi connectivity index (χ2n) is 4.82. The largest absolute Gasteiger partial charge is 1.00 e. The second-order valence-corrected chi connectivity index (χ2v) is 10.9. The molecule has 0 radical (unpaired) electrons. The second kappa shape index (κ2) is 23.7. The predicted molar refractivity (Wildman–Crippen MR) is 65.5 cm³/mol. The van der Waals surface area contributed by atoms with Crippen LogP contribution in [0.5, 0.6) is 0 Å². The van der Waals surface area contributed by atoms with Crippen LogP contribution in [0.2, 0.25) is 0 Å². The summed E-state index contributed by atoms with van der Waals surface area (Å²) >= 11 is 0. The van der Waals surface area contributed by atoms with Gasteiger partial charge in [-0.3, -0.25) is 9.80 Å². The summed E-state index contributed by atoms with van der Waals surface area (Å²) in [6, 6.07) is 0. The van der Waals surface area contributed by atoms with Crippen molar-refractivity contribution in [1.82, 2.24) is 9.80 Å². The molecule has 0 aliphatic carbocycles. The molecule has 0 spiro atoms. The molecule has 24 heteroatoms. The van der Waals surface area contributed by atoms with Gasteiger partial charge in [-0.05, 0) is 0 Å². The van der Waals surface area contributed by atoms with E-state index in [0.717, 1.165) is 0 Å². The van der Waals surface area contributed by atoms with Gasteiger partial charge in [0, 0.05) is 72.3 Å². The van der Waals surface area contributed by atoms with Crippen LogP contribution in [0.25, 0.3) is 0 Å². The molecule has 0 aromatic carbocycles. The fourth-order valence-electron chi connectivity index (χ4n) is 1.64. The van der Waals surface area contributed by atoms with Gasteiger partial charge >= 0.3 is 148 Å². The van der Waals surface area contributed by atoms with E-state index in [1.165, 1.54) is 0 Å². The van der Waals surface area contributed by atoms with E-state index in [0.29, 0.717) is 9.80 Å². The van der Waals surface area contributed by atoms with E-state index in [1.807, 2.05) is 0 Å². The molecule has 0 saturated carbocycles. The van der Waals surface area contributed by atoms with Gasteiger partial charge in [-0.25, -0.2) is 0 Å². The van der Waals surface area contributed by atoms with Crippen LogP contribution in [0.4, 0.5) is 0 Å². The zero-order chi connectivity index (χ0) is 19.4. The molecule has 0 bridgehead atoms. The summed E-state index contributed by atoms with van der Waals surface area (Å²) in [7, 11) is -20.9. The molecule has 0 aliphatic heterocycles. The molecule has 30 heavy (non-hydrogen) atoms. The first-order chi connectivity index (χ1) is 10.4. The summed E-state index contributed by atoms with van der Waals surface area (Å²) < 4.78 is 42.8. The van der Waals surface area contributed by atoms with Crippen molar-refractivity contribution in [3.8, 4) is 0 Å². The standard InChI is InChI=1S/C6H20N2O12P4.5Na.Sm/c9-21(10,11)3-7(4-22(12,13)14)1-2-8(5-23(15,16)17)6-24(18,19)20;;;;;;/h1-6H2,(H2,9,10,11)(H2,12,13,14)(H2,15,16,17)(H2,18,19,20);;;;;;/q;5*+1;/p-7. The van der Waals surface area contributed by atoms with Gasteiger partial charge in [0.05, 0.1) is 6.29 Å². The topological polar surface area (TPSA) is 256 Å². The summed E-state index contributed by atoms with van der Waals surface area (Å²) in [5, 5.41) is 0. The third kappa shape index (κ3) is 39.4. The van der Waals surface area contributed by atoms with Gasteiger partial charge in [0.1, 0.15) is 7.60 Å². The Balaban J connectivity index is -0.000000176. The van der Waals surface area contributed by atoms with Crippen LogP contribution in [-0.2, 0) is 18.3 Å². The monoisotopic (exact) mass is 696 g/mol. The summed E-state index contributed by atoms with van der Waals surface area (Å²) in [5.41, 5.74) is 0. The fraction of sp³-hybridized carbons (Fsp3) is 1.00. The van der Waals surface area contributed by atoms with Crippen LogP contribution in [-0.4, -0.2) is 52.9 Å². The van der Waals surface area contributed by atoms with E-state index in [1.54, 1.807) is 0 Å². The number of hydrogen-bond donors (Lipinski definition) is 1. The predicted octanol–water partition coefficient (Wildman–Crippen LogP) is -21.3. The van der Waals surface area contributed by atoms with Crippen molar-refractivity contribution in [3.63, 3.8) is 0 Å². The van der Waals surface area contributed by atoms with Gasteiger partial charge in [-0.2, -0.15) is 0 Å². The quantitative estimate of drug-likeness (QED) is 0.156. The maximum Gasteiger partial charge on any atom is 1.00 e. The summed E-state index contributed by atoms with van der Waals surface area (Å²) in [5.74, 6) is 0. The smallest absolute Gasteiger partial charge is 0.810 e. The van der Waals surface area contributed by atoms with Gasteiger partial charge < -0.3 is 57.4 Å². The molecule has 1 N–H and O–H groups in total. The van der Waals surface area contributed by atoms with Gasteiger partial charge in [-0.1, -0.05) is 22.8 Å². The summed E-state index contributed by atoms with van der Waals surface area (Å²) in [4.78, 5) is 84.2. The SMILES string of the molecule is O=P([O-])([O-])CN(CCN(CP(=O)([O-])[O-])CP(=O)([O-])O)CP(=O)([O-])[O-].[Na+].[Na+].[Na+].[Na+].[Na+].[Sm]. The molecule has 1 atom stereocenters. The molecule has 1 unspecified atom stereocenters. The Morgan fingerprint density at radius 2 is 0.733 bits per heavy atom. The normalized spacial score (nSPS) is 13.3. The van der Waals surface area contributed by atoms with Crippen LogP contribution >= 0.6 is 30.4 Å². The van der Waals surface area contributed by atoms with Crippen molar-refractivity contribution < 1.29 is 246 Å². The first kappa shape index (κ1) is 53.2. The molecule has 0 amide bonds. The Bertz CT molecular complexity index is 512. The zero-order valence-corrected chi connectivity index (χ0v) is 33.5. The van der Waals surface area contributed by atoms with Crippen molar-refractivity contribution in [2.24, 2.45) is 0 Å². The molecule has 14 nitrogen and oxygen atoms in total. The fourth-order valence-corrected chi connectivity index (χ4v) is 4.90. The first-order valence-corrected chi connectivity index (χ1v) is 12.8. The van der Waals surface area contributed by atoms with Crippen LogP contribution < -0.4 is 182 Å². The molecular formula is C6H13N2Na5O12P4Sm-2. The van der Waals surface area contributed by atoms with Gasteiger partial charge in [0.2, 0.25) is 0 Å². The first-order valence-electron chi connectivity index (χ1n) is 5.87. The summed E-state index contributed by atoms with van der Waals surface area (Å²) in [6.45, 7) is -1.48. The average Bonchev–Trinajstić information content (AvgIpc) is 2.16. The van der Waals surface area contributed by atoms with Gasteiger partial charge in [-0.15, -0.1) is 0 Å². The van der Waals surface area contributed by atoms with E-state index >= 15 is 0 Å². The van der Waals surface area contributed by atoms with E-state index in [-0.39, 0.29) is 188 Å². The average molecular weight is 694 g/mol. The van der Waals surface area contributed by atoms with Crippen LogP contribution in [0, 0.1) is 40.4 Å². The minimum atomic E-state index is -5.29. The van der Waals surface area contributed by atoms with Crippen LogP contribution in [0.3, 0.4) is 0 Å². The minimum Gasteiger partial charge on any atom is -0.810 e. The van der Waals surface area contributed by atoms with E-state index < -0.39 is 68.6 Å². The zero-order valence-electron chi connectivity index (χ0n) is 17.3. The van der Waals surface area contributed by atoms with E-state index in [9.17, 15) is 52.5 Å². The Hall–Kier alpha value is 6.86. The molecular weight excluding hydrogens is 681 g/mol. The van der Waals surface area contributed by atoms with E-state index in [4.69, 9.17) is 4.89 Å². The Morgan fingerprint density at radius 3 is 0.900 bits per heavy atom. The maximum atomic E-state index is 10.8. The third-order valence-corrected chi connectivity index (χ3v) is 5.23. The van der Waals surface area contributed by atoms with Crippen molar-refractivity contribution >= 4 is 30.4 Å². The van der Waals surface area contributed by atoms with Gasteiger partial charge in [0.25, 0.3) is 0 Å². The molecule has 0 aromatic heterocycles. The number of hydrogen-bond acceptors (Lipinski definition) is 13. The number of nitrogens with zero attached hydrogens (tertiary/aromatic N) is 2. The molecule has 0 aromatic rings. The molecule has 0 heterocycles. The third-order valence-electron chi connectivity index (χ3n) is 2.23. The number of rotatable bonds is 11. The molecule has 0 saturated heterocycles. The summed E-state index contributed by atoms with van der Waals surface area (Å²) in [6.07, 6.45) is -5.45. The molecule has 0 fully saturated rings.